The highest BCUT2D eigenvalue weighted by Crippen LogP contribution is 2.30. The summed E-state index contributed by atoms with van der Waals surface area (Å²) in [6.45, 7) is 16.9. The highest BCUT2D eigenvalue weighted by Gasteiger charge is 2.35. The molecule has 0 atom stereocenters. The van der Waals surface area contributed by atoms with Crippen molar-refractivity contribution in [3.8, 4) is 11.4 Å². The molecule has 0 bridgehead atoms. The molecular weight excluding hydrogens is 396 g/mol. The average molecular weight is 429 g/mol. The van der Waals surface area contributed by atoms with Gasteiger partial charge in [0.2, 0.25) is 5.82 Å². The lowest BCUT2D eigenvalue weighted by atomic mass is 9.87. The molecule has 0 unspecified atom stereocenters. The smallest absolute Gasteiger partial charge is 0.204 e. The fourth-order valence-electron chi connectivity index (χ4n) is 3.87. The summed E-state index contributed by atoms with van der Waals surface area (Å²) in [5.74, 6) is 1.36. The van der Waals surface area contributed by atoms with E-state index in [0.29, 0.717) is 11.6 Å². The number of hydrogen-bond acceptors (Lipinski definition) is 5. The van der Waals surface area contributed by atoms with Crippen LogP contribution in [0.15, 0.2) is 52.6 Å². The number of hydrogen-bond donors (Lipinski definition) is 0. The van der Waals surface area contributed by atoms with Crippen LogP contribution in [0.5, 0.6) is 0 Å². The van der Waals surface area contributed by atoms with E-state index in [1.54, 1.807) is 4.79 Å². The van der Waals surface area contributed by atoms with Gasteiger partial charge in [-0.25, -0.2) is 9.98 Å². The Morgan fingerprint density at radius 2 is 1.66 bits per heavy atom. The minimum absolute atomic E-state index is 0.180. The molecule has 0 fully saturated rings. The predicted molar refractivity (Wildman–Crippen MR) is 133 cm³/mol. The summed E-state index contributed by atoms with van der Waals surface area (Å²) in [7, 11) is 0. The highest BCUT2D eigenvalue weighted by atomic mass is 15.6. The van der Waals surface area contributed by atoms with Crippen LogP contribution in [-0.2, 0) is 0 Å². The Bertz CT molecular complexity index is 1190. The Hall–Kier alpha value is -3.28. The molecule has 32 heavy (non-hydrogen) atoms. The molecule has 6 nitrogen and oxygen atoms in total. The van der Waals surface area contributed by atoms with Crippen LogP contribution in [0.4, 0.5) is 11.4 Å². The van der Waals surface area contributed by atoms with Crippen LogP contribution >= 0.6 is 0 Å². The number of aliphatic imine (C=N–C) groups is 1. The van der Waals surface area contributed by atoms with Crippen molar-refractivity contribution in [2.45, 2.75) is 48.5 Å². The zero-order chi connectivity index (χ0) is 23.0. The molecule has 0 radical (unpaired) electrons. The number of aryl methyl sites for hydroxylation is 2. The molecule has 2 aromatic carbocycles. The second kappa shape index (κ2) is 8.34. The minimum Gasteiger partial charge on any atom is -0.372 e. The van der Waals surface area contributed by atoms with Gasteiger partial charge in [-0.15, -0.1) is 9.89 Å². The maximum atomic E-state index is 5.06. The molecule has 0 N–H and O–H groups in total. The first-order valence-electron chi connectivity index (χ1n) is 11.3. The lowest BCUT2D eigenvalue weighted by molar-refractivity contribution is 0.589. The maximum Gasteiger partial charge on any atom is 0.204 e. The molecule has 1 aromatic heterocycles. The third-order valence-electron chi connectivity index (χ3n) is 5.78. The molecule has 0 amide bonds. The number of aromatic nitrogens is 3. The fraction of sp³-hybridized carbons (Fsp3) is 0.385. The Balaban J connectivity index is 1.79. The van der Waals surface area contributed by atoms with E-state index in [-0.39, 0.29) is 5.41 Å². The molecule has 6 heteroatoms. The zero-order valence-corrected chi connectivity index (χ0v) is 20.1. The van der Waals surface area contributed by atoms with Gasteiger partial charge in [0.25, 0.3) is 0 Å². The largest absolute Gasteiger partial charge is 0.372 e. The summed E-state index contributed by atoms with van der Waals surface area (Å²) >= 11 is 0. The van der Waals surface area contributed by atoms with Crippen molar-refractivity contribution < 1.29 is 0 Å². The zero-order valence-electron chi connectivity index (χ0n) is 20.1. The third kappa shape index (κ3) is 4.09. The fourth-order valence-corrected chi connectivity index (χ4v) is 3.87. The highest BCUT2D eigenvalue weighted by molar-refractivity contribution is 6.50. The second-order valence-electron chi connectivity index (χ2n) is 9.32. The van der Waals surface area contributed by atoms with Crippen molar-refractivity contribution in [2.24, 2.45) is 15.5 Å². The summed E-state index contributed by atoms with van der Waals surface area (Å²) in [6.07, 6.45) is 0. The van der Waals surface area contributed by atoms with Crippen molar-refractivity contribution in [3.05, 3.63) is 59.4 Å². The van der Waals surface area contributed by atoms with Gasteiger partial charge in [0.1, 0.15) is 5.71 Å². The number of fused-ring (bicyclic) bond motifs is 1. The van der Waals surface area contributed by atoms with Gasteiger partial charge < -0.3 is 4.90 Å². The average Bonchev–Trinajstić information content (AvgIpc) is 3.30. The van der Waals surface area contributed by atoms with Gasteiger partial charge in [-0.3, -0.25) is 0 Å². The Kier molecular flexibility index (Phi) is 5.71. The van der Waals surface area contributed by atoms with Crippen molar-refractivity contribution in [1.29, 1.82) is 0 Å². The van der Waals surface area contributed by atoms with Crippen LogP contribution in [0.25, 0.3) is 11.4 Å². The maximum absolute atomic E-state index is 5.06. The van der Waals surface area contributed by atoms with Crippen molar-refractivity contribution in [3.63, 3.8) is 0 Å². The quantitative estimate of drug-likeness (QED) is 0.516. The van der Waals surface area contributed by atoms with Crippen LogP contribution in [0.3, 0.4) is 0 Å². The molecule has 0 spiro atoms. The van der Waals surface area contributed by atoms with E-state index in [2.05, 4.69) is 88.8 Å². The monoisotopic (exact) mass is 428 g/mol. The van der Waals surface area contributed by atoms with Gasteiger partial charge in [0.05, 0.1) is 11.4 Å². The molecule has 4 rings (SSSR count). The molecule has 2 heterocycles. The Morgan fingerprint density at radius 1 is 0.969 bits per heavy atom. The molecule has 1 aliphatic rings. The number of nitrogens with zero attached hydrogens (tertiary/aromatic N) is 6. The van der Waals surface area contributed by atoms with Crippen LogP contribution in [-0.4, -0.2) is 39.4 Å². The molecule has 0 saturated heterocycles. The molecule has 0 aliphatic carbocycles. The van der Waals surface area contributed by atoms with E-state index in [9.17, 15) is 0 Å². The first-order valence-corrected chi connectivity index (χ1v) is 11.3. The summed E-state index contributed by atoms with van der Waals surface area (Å²) in [5, 5.41) is 9.45. The second-order valence-corrected chi connectivity index (χ2v) is 9.32. The van der Waals surface area contributed by atoms with Crippen molar-refractivity contribution in [1.82, 2.24) is 14.9 Å². The van der Waals surface area contributed by atoms with E-state index in [1.807, 2.05) is 12.1 Å². The lowest BCUT2D eigenvalue weighted by Crippen LogP contribution is -2.27. The van der Waals surface area contributed by atoms with E-state index in [1.165, 1.54) is 11.3 Å². The van der Waals surface area contributed by atoms with Gasteiger partial charge >= 0.3 is 0 Å². The van der Waals surface area contributed by atoms with Gasteiger partial charge in [0, 0.05) is 29.8 Å². The van der Waals surface area contributed by atoms with Gasteiger partial charge in [-0.05, 0) is 51.5 Å². The van der Waals surface area contributed by atoms with E-state index in [0.717, 1.165) is 41.3 Å². The molecular formula is C26H32N6. The summed E-state index contributed by atoms with van der Waals surface area (Å²) in [6, 6.07) is 14.7. The number of rotatable bonds is 5. The van der Waals surface area contributed by atoms with Crippen molar-refractivity contribution in [2.75, 3.05) is 18.0 Å². The first-order chi connectivity index (χ1) is 15.2. The molecule has 1 aliphatic heterocycles. The standard InChI is InChI=1S/C26H32N6/c1-8-31(9-2)20-14-15-21(18(4)16-20)27-22-23(26(5,6)7)29-32-25(22)28-24(30-32)19-12-10-17(3)11-13-19/h10-16H,8-9H2,1-7H3/b27-22-. The van der Waals surface area contributed by atoms with Crippen LogP contribution in [0.2, 0.25) is 0 Å². The van der Waals surface area contributed by atoms with Crippen LogP contribution < -0.4 is 4.90 Å². The van der Waals surface area contributed by atoms with Crippen LogP contribution in [0, 0.1) is 19.3 Å². The summed E-state index contributed by atoms with van der Waals surface area (Å²) in [5.41, 5.74) is 6.98. The van der Waals surface area contributed by atoms with E-state index < -0.39 is 0 Å². The predicted octanol–water partition coefficient (Wildman–Crippen LogP) is 5.79. The first kappa shape index (κ1) is 21.9. The van der Waals surface area contributed by atoms with Crippen LogP contribution in [0.1, 0.15) is 51.6 Å². The van der Waals surface area contributed by atoms with Gasteiger partial charge in [0.15, 0.2) is 5.82 Å². The van der Waals surface area contributed by atoms with Crippen molar-refractivity contribution >= 4 is 22.8 Å². The molecule has 3 aromatic rings. The van der Waals surface area contributed by atoms with E-state index in [4.69, 9.17) is 15.1 Å². The van der Waals surface area contributed by atoms with Gasteiger partial charge in [-0.1, -0.05) is 50.6 Å². The SMILES string of the molecule is CCN(CC)c1ccc(/N=C2/C(C(C)(C)C)=Nn3nc(-c4ccc(C)cc4)nc32)c(C)c1. The number of anilines is 1. The normalized spacial score (nSPS) is 14.6. The lowest BCUT2D eigenvalue weighted by Gasteiger charge is -2.22. The summed E-state index contributed by atoms with van der Waals surface area (Å²) in [4.78, 5) is 13.9. The minimum atomic E-state index is -0.180. The van der Waals surface area contributed by atoms with Gasteiger partial charge in [-0.2, -0.15) is 5.10 Å². The molecule has 0 saturated carbocycles. The third-order valence-corrected chi connectivity index (χ3v) is 5.78. The molecule has 166 valence electrons. The Morgan fingerprint density at radius 3 is 2.25 bits per heavy atom. The Labute approximate surface area is 190 Å². The number of benzene rings is 2. The summed E-state index contributed by atoms with van der Waals surface area (Å²) < 4.78 is 0. The topological polar surface area (TPSA) is 58.7 Å². The van der Waals surface area contributed by atoms with E-state index >= 15 is 0 Å².